The molecule has 0 saturated heterocycles. The van der Waals surface area contributed by atoms with Crippen LogP contribution in [-0.4, -0.2) is 17.6 Å². The molecular weight excluding hydrogens is 182 g/mol. The van der Waals surface area contributed by atoms with Gasteiger partial charge >= 0.3 is 0 Å². The quantitative estimate of drug-likeness (QED) is 0.756. The lowest BCUT2D eigenvalue weighted by Gasteiger charge is -2.10. The van der Waals surface area contributed by atoms with E-state index in [9.17, 15) is 8.78 Å². The van der Waals surface area contributed by atoms with E-state index in [1.54, 1.807) is 16.8 Å². The average Bonchev–Trinajstić information content (AvgIpc) is 2.52. The molecular formula is C8H8F2OS. The Morgan fingerprint density at radius 3 is 2.58 bits per heavy atom. The van der Waals surface area contributed by atoms with Gasteiger partial charge in [0.05, 0.1) is 12.0 Å². The van der Waals surface area contributed by atoms with Gasteiger partial charge in [-0.2, -0.15) is 11.3 Å². The lowest BCUT2D eigenvalue weighted by atomic mass is 10.00. The number of alkyl halides is 2. The Kier molecular flexibility index (Phi) is 1.53. The van der Waals surface area contributed by atoms with Crippen LogP contribution in [0.2, 0.25) is 0 Å². The van der Waals surface area contributed by atoms with E-state index in [0.29, 0.717) is 5.56 Å². The zero-order valence-corrected chi connectivity index (χ0v) is 7.07. The zero-order chi connectivity index (χ0) is 8.82. The van der Waals surface area contributed by atoms with Crippen LogP contribution in [0.1, 0.15) is 12.0 Å². The van der Waals surface area contributed by atoms with E-state index in [2.05, 4.69) is 0 Å². The number of hydrogen-bond donors (Lipinski definition) is 1. The van der Waals surface area contributed by atoms with Crippen LogP contribution in [-0.2, 0) is 5.41 Å². The topological polar surface area (TPSA) is 20.2 Å². The van der Waals surface area contributed by atoms with Gasteiger partial charge in [-0.25, -0.2) is 8.78 Å². The predicted molar refractivity (Wildman–Crippen MR) is 42.6 cm³/mol. The van der Waals surface area contributed by atoms with Crippen molar-refractivity contribution < 1.29 is 13.9 Å². The summed E-state index contributed by atoms with van der Waals surface area (Å²) in [6, 6.07) is 1.65. The maximum atomic E-state index is 12.9. The van der Waals surface area contributed by atoms with Gasteiger partial charge in [-0.15, -0.1) is 0 Å². The normalized spacial score (nSPS) is 31.9. The first-order valence-corrected chi connectivity index (χ1v) is 4.58. The number of thiophene rings is 1. The van der Waals surface area contributed by atoms with Crippen molar-refractivity contribution in [1.82, 2.24) is 0 Å². The summed E-state index contributed by atoms with van der Waals surface area (Å²) in [4.78, 5) is 0. The third-order valence-corrected chi connectivity index (χ3v) is 3.13. The standard InChI is InChI=1S/C8H8F2OS/c9-8(10)4-7(8,5-11)6-1-2-12-3-6/h1-3,11H,4-5H2. The second-order valence-electron chi connectivity index (χ2n) is 3.13. The number of aliphatic hydroxyl groups excluding tert-OH is 1. The monoisotopic (exact) mass is 190 g/mol. The van der Waals surface area contributed by atoms with Gasteiger partial charge in [-0.05, 0) is 22.4 Å². The summed E-state index contributed by atoms with van der Waals surface area (Å²) in [5.41, 5.74) is -0.687. The van der Waals surface area contributed by atoms with Crippen LogP contribution < -0.4 is 0 Å². The maximum absolute atomic E-state index is 12.9. The molecule has 12 heavy (non-hydrogen) atoms. The van der Waals surface area contributed by atoms with E-state index in [4.69, 9.17) is 5.11 Å². The molecule has 1 aliphatic rings. The SMILES string of the molecule is OCC1(c2ccsc2)CC1(F)F. The second-order valence-corrected chi connectivity index (χ2v) is 3.91. The van der Waals surface area contributed by atoms with Crippen LogP contribution in [0.5, 0.6) is 0 Å². The summed E-state index contributed by atoms with van der Waals surface area (Å²) in [7, 11) is 0. The summed E-state index contributed by atoms with van der Waals surface area (Å²) in [6.45, 7) is -0.462. The summed E-state index contributed by atoms with van der Waals surface area (Å²) in [6.07, 6.45) is -0.215. The fraction of sp³-hybridized carbons (Fsp3) is 0.500. The first-order valence-electron chi connectivity index (χ1n) is 3.64. The summed E-state index contributed by atoms with van der Waals surface area (Å²) in [5.74, 6) is -2.71. The molecule has 0 aromatic carbocycles. The predicted octanol–water partition coefficient (Wildman–Crippen LogP) is 2.02. The molecule has 0 bridgehead atoms. The Labute approximate surface area is 72.7 Å². The minimum absolute atomic E-state index is 0.215. The molecule has 1 unspecified atom stereocenters. The van der Waals surface area contributed by atoms with E-state index in [-0.39, 0.29) is 6.42 Å². The molecule has 1 fully saturated rings. The van der Waals surface area contributed by atoms with E-state index < -0.39 is 17.9 Å². The third-order valence-electron chi connectivity index (χ3n) is 2.44. The molecule has 1 nitrogen and oxygen atoms in total. The second kappa shape index (κ2) is 2.26. The average molecular weight is 190 g/mol. The summed E-state index contributed by atoms with van der Waals surface area (Å²) in [5, 5.41) is 12.3. The van der Waals surface area contributed by atoms with Crippen LogP contribution in [0.4, 0.5) is 8.78 Å². The van der Waals surface area contributed by atoms with Gasteiger partial charge in [-0.3, -0.25) is 0 Å². The molecule has 2 rings (SSSR count). The van der Waals surface area contributed by atoms with Crippen LogP contribution >= 0.6 is 11.3 Å². The molecule has 1 aromatic heterocycles. The molecule has 0 amide bonds. The Bertz CT molecular complexity index is 283. The fourth-order valence-corrected chi connectivity index (χ4v) is 2.20. The minimum Gasteiger partial charge on any atom is -0.395 e. The molecule has 1 saturated carbocycles. The van der Waals surface area contributed by atoms with Gasteiger partial charge in [0.15, 0.2) is 0 Å². The molecule has 1 heterocycles. The van der Waals surface area contributed by atoms with Gasteiger partial charge < -0.3 is 5.11 Å². The molecule has 0 spiro atoms. The van der Waals surface area contributed by atoms with Gasteiger partial charge in [0.25, 0.3) is 5.92 Å². The molecule has 1 aromatic rings. The van der Waals surface area contributed by atoms with Crippen molar-refractivity contribution in [3.63, 3.8) is 0 Å². The van der Waals surface area contributed by atoms with Crippen molar-refractivity contribution in [3.8, 4) is 0 Å². The molecule has 1 N–H and O–H groups in total. The largest absolute Gasteiger partial charge is 0.395 e. The third kappa shape index (κ3) is 0.850. The highest BCUT2D eigenvalue weighted by Gasteiger charge is 2.71. The molecule has 66 valence electrons. The van der Waals surface area contributed by atoms with Crippen molar-refractivity contribution >= 4 is 11.3 Å². The number of rotatable bonds is 2. The molecule has 0 aliphatic heterocycles. The van der Waals surface area contributed by atoms with Crippen molar-refractivity contribution in [1.29, 1.82) is 0 Å². The Morgan fingerprint density at radius 2 is 2.25 bits per heavy atom. The lowest BCUT2D eigenvalue weighted by molar-refractivity contribution is 0.0675. The van der Waals surface area contributed by atoms with E-state index in [1.807, 2.05) is 0 Å². The maximum Gasteiger partial charge on any atom is 0.261 e. The Balaban J connectivity index is 2.34. The van der Waals surface area contributed by atoms with Crippen molar-refractivity contribution in [2.45, 2.75) is 17.8 Å². The smallest absolute Gasteiger partial charge is 0.261 e. The molecule has 1 aliphatic carbocycles. The van der Waals surface area contributed by atoms with Gasteiger partial charge in [0.2, 0.25) is 0 Å². The van der Waals surface area contributed by atoms with Gasteiger partial charge in [0, 0.05) is 6.42 Å². The van der Waals surface area contributed by atoms with E-state index in [0.717, 1.165) is 0 Å². The van der Waals surface area contributed by atoms with Crippen molar-refractivity contribution in [2.75, 3.05) is 6.61 Å². The molecule has 0 radical (unpaired) electrons. The fourth-order valence-electron chi connectivity index (χ4n) is 1.45. The summed E-state index contributed by atoms with van der Waals surface area (Å²) < 4.78 is 25.7. The molecule has 1 atom stereocenters. The zero-order valence-electron chi connectivity index (χ0n) is 6.26. The van der Waals surface area contributed by atoms with Crippen molar-refractivity contribution in [3.05, 3.63) is 22.4 Å². The summed E-state index contributed by atoms with van der Waals surface area (Å²) >= 11 is 1.38. The van der Waals surface area contributed by atoms with Crippen molar-refractivity contribution in [2.24, 2.45) is 0 Å². The highest BCUT2D eigenvalue weighted by Crippen LogP contribution is 2.61. The highest BCUT2D eigenvalue weighted by atomic mass is 32.1. The van der Waals surface area contributed by atoms with Crippen LogP contribution in [0.25, 0.3) is 0 Å². The highest BCUT2D eigenvalue weighted by molar-refractivity contribution is 7.08. The Morgan fingerprint density at radius 1 is 1.58 bits per heavy atom. The van der Waals surface area contributed by atoms with Gasteiger partial charge in [0.1, 0.15) is 0 Å². The van der Waals surface area contributed by atoms with E-state index in [1.165, 1.54) is 11.3 Å². The lowest BCUT2D eigenvalue weighted by Crippen LogP contribution is -2.20. The van der Waals surface area contributed by atoms with E-state index >= 15 is 0 Å². The van der Waals surface area contributed by atoms with Crippen LogP contribution in [0.15, 0.2) is 16.8 Å². The first kappa shape index (κ1) is 8.13. The van der Waals surface area contributed by atoms with Gasteiger partial charge in [-0.1, -0.05) is 0 Å². The van der Waals surface area contributed by atoms with Crippen LogP contribution in [0.3, 0.4) is 0 Å². The first-order chi connectivity index (χ1) is 5.62. The number of aliphatic hydroxyl groups is 1. The number of hydrogen-bond acceptors (Lipinski definition) is 2. The molecule has 4 heteroatoms. The number of halogens is 2. The minimum atomic E-state index is -2.71. The van der Waals surface area contributed by atoms with Crippen LogP contribution in [0, 0.1) is 0 Å². The Hall–Kier alpha value is -0.480.